The van der Waals surface area contributed by atoms with Crippen LogP contribution in [0.2, 0.25) is 5.15 Å². The standard InChI is InChI=1S/C14H16ClN3O2/c1-3-17(4-2)10-5-7-11(8-6-10)18-13(19)9-12(15)16-14(18)20/h5-9H,3-4H2,1-2H3,(H,16,20). The number of rotatable bonds is 4. The molecule has 1 aromatic heterocycles. The summed E-state index contributed by atoms with van der Waals surface area (Å²) in [7, 11) is 0. The number of hydrogen-bond acceptors (Lipinski definition) is 3. The zero-order chi connectivity index (χ0) is 14.7. The summed E-state index contributed by atoms with van der Waals surface area (Å²) in [5, 5.41) is 0.0380. The van der Waals surface area contributed by atoms with Gasteiger partial charge in [0.1, 0.15) is 5.15 Å². The number of nitrogens with one attached hydrogen (secondary N) is 1. The molecule has 2 rings (SSSR count). The maximum absolute atomic E-state index is 11.8. The van der Waals surface area contributed by atoms with Gasteiger partial charge < -0.3 is 4.90 Å². The van der Waals surface area contributed by atoms with Gasteiger partial charge in [-0.1, -0.05) is 11.6 Å². The summed E-state index contributed by atoms with van der Waals surface area (Å²) < 4.78 is 1.05. The quantitative estimate of drug-likeness (QED) is 0.878. The van der Waals surface area contributed by atoms with Crippen LogP contribution < -0.4 is 16.1 Å². The highest BCUT2D eigenvalue weighted by Crippen LogP contribution is 2.15. The third-order valence-corrected chi connectivity index (χ3v) is 3.34. The molecule has 0 amide bonds. The van der Waals surface area contributed by atoms with Gasteiger partial charge in [-0.2, -0.15) is 0 Å². The highest BCUT2D eigenvalue weighted by Gasteiger charge is 2.07. The van der Waals surface area contributed by atoms with Crippen molar-refractivity contribution in [3.8, 4) is 5.69 Å². The van der Waals surface area contributed by atoms with Gasteiger partial charge in [0, 0.05) is 24.8 Å². The van der Waals surface area contributed by atoms with Crippen molar-refractivity contribution in [2.24, 2.45) is 0 Å². The summed E-state index contributed by atoms with van der Waals surface area (Å²) in [6.07, 6.45) is 0. The molecule has 1 aromatic carbocycles. The first kappa shape index (κ1) is 14.4. The molecule has 0 radical (unpaired) electrons. The summed E-state index contributed by atoms with van der Waals surface area (Å²) in [5.41, 5.74) is 0.577. The van der Waals surface area contributed by atoms with Crippen LogP contribution in [-0.2, 0) is 0 Å². The molecular formula is C14H16ClN3O2. The van der Waals surface area contributed by atoms with Crippen LogP contribution >= 0.6 is 11.6 Å². The molecule has 5 nitrogen and oxygen atoms in total. The zero-order valence-corrected chi connectivity index (χ0v) is 12.1. The zero-order valence-electron chi connectivity index (χ0n) is 11.4. The largest absolute Gasteiger partial charge is 0.372 e. The van der Waals surface area contributed by atoms with Gasteiger partial charge in [-0.25, -0.2) is 9.36 Å². The third-order valence-electron chi connectivity index (χ3n) is 3.14. The van der Waals surface area contributed by atoms with Crippen molar-refractivity contribution >= 4 is 17.3 Å². The normalized spacial score (nSPS) is 10.6. The van der Waals surface area contributed by atoms with Crippen LogP contribution in [-0.4, -0.2) is 22.6 Å². The smallest absolute Gasteiger partial charge is 0.334 e. The average Bonchev–Trinajstić information content (AvgIpc) is 2.40. The Balaban J connectivity index is 2.46. The average molecular weight is 294 g/mol. The topological polar surface area (TPSA) is 58.1 Å². The van der Waals surface area contributed by atoms with Gasteiger partial charge in [0.15, 0.2) is 0 Å². The number of H-pyrrole nitrogens is 1. The maximum atomic E-state index is 11.8. The van der Waals surface area contributed by atoms with E-state index in [0.717, 1.165) is 23.3 Å². The van der Waals surface area contributed by atoms with Gasteiger partial charge in [0.25, 0.3) is 5.56 Å². The van der Waals surface area contributed by atoms with E-state index < -0.39 is 11.2 Å². The van der Waals surface area contributed by atoms with Gasteiger partial charge in [-0.3, -0.25) is 9.78 Å². The van der Waals surface area contributed by atoms with E-state index in [4.69, 9.17) is 11.6 Å². The fourth-order valence-electron chi connectivity index (χ4n) is 2.11. The second-order valence-corrected chi connectivity index (χ2v) is 4.69. The first-order valence-electron chi connectivity index (χ1n) is 6.44. The molecule has 6 heteroatoms. The van der Waals surface area contributed by atoms with Crippen LogP contribution in [0.15, 0.2) is 39.9 Å². The molecule has 0 atom stereocenters. The van der Waals surface area contributed by atoms with E-state index in [1.807, 2.05) is 12.1 Å². The molecule has 0 fully saturated rings. The monoisotopic (exact) mass is 293 g/mol. The summed E-state index contributed by atoms with van der Waals surface area (Å²) in [4.78, 5) is 28.2. The molecule has 1 N–H and O–H groups in total. The van der Waals surface area contributed by atoms with Crippen LogP contribution in [0.3, 0.4) is 0 Å². The van der Waals surface area contributed by atoms with Crippen molar-refractivity contribution in [2.45, 2.75) is 13.8 Å². The molecule has 0 saturated carbocycles. The number of aromatic nitrogens is 2. The number of aromatic amines is 1. The van der Waals surface area contributed by atoms with Crippen molar-refractivity contribution in [2.75, 3.05) is 18.0 Å². The van der Waals surface area contributed by atoms with Crippen molar-refractivity contribution < 1.29 is 0 Å². The SMILES string of the molecule is CCN(CC)c1ccc(-n2c(=O)cc(Cl)[nH]c2=O)cc1. The van der Waals surface area contributed by atoms with Gasteiger partial charge in [-0.05, 0) is 38.1 Å². The van der Waals surface area contributed by atoms with Crippen molar-refractivity contribution in [1.29, 1.82) is 0 Å². The Bertz CT molecular complexity index is 668. The second kappa shape index (κ2) is 5.96. The van der Waals surface area contributed by atoms with Crippen LogP contribution in [0.4, 0.5) is 5.69 Å². The third kappa shape index (κ3) is 2.77. The predicted octanol–water partition coefficient (Wildman–Crippen LogP) is 2.03. The molecule has 0 unspecified atom stereocenters. The Hall–Kier alpha value is -2.01. The molecule has 0 spiro atoms. The van der Waals surface area contributed by atoms with Crippen LogP contribution in [0.1, 0.15) is 13.8 Å². The molecule has 1 heterocycles. The van der Waals surface area contributed by atoms with Crippen LogP contribution in [0.25, 0.3) is 5.69 Å². The first-order valence-corrected chi connectivity index (χ1v) is 6.82. The number of benzene rings is 1. The lowest BCUT2D eigenvalue weighted by Crippen LogP contribution is -2.33. The minimum atomic E-state index is -0.543. The number of nitrogens with zero attached hydrogens (tertiary/aromatic N) is 2. The molecule has 0 aliphatic carbocycles. The molecule has 20 heavy (non-hydrogen) atoms. The number of halogens is 1. The maximum Gasteiger partial charge on any atom is 0.334 e. The van der Waals surface area contributed by atoms with E-state index in [9.17, 15) is 9.59 Å². The van der Waals surface area contributed by atoms with E-state index in [1.54, 1.807) is 12.1 Å². The predicted molar refractivity (Wildman–Crippen MR) is 81.2 cm³/mol. The van der Waals surface area contributed by atoms with Crippen molar-refractivity contribution in [3.05, 3.63) is 56.3 Å². The van der Waals surface area contributed by atoms with E-state index in [-0.39, 0.29) is 5.15 Å². The van der Waals surface area contributed by atoms with Gasteiger partial charge in [0.05, 0.1) is 5.69 Å². The molecule has 0 saturated heterocycles. The minimum Gasteiger partial charge on any atom is -0.372 e. The van der Waals surface area contributed by atoms with E-state index in [1.165, 1.54) is 6.07 Å². The summed E-state index contributed by atoms with van der Waals surface area (Å²) in [6, 6.07) is 8.46. The number of anilines is 1. The van der Waals surface area contributed by atoms with E-state index in [2.05, 4.69) is 23.7 Å². The second-order valence-electron chi connectivity index (χ2n) is 4.28. The van der Waals surface area contributed by atoms with Gasteiger partial charge >= 0.3 is 5.69 Å². The Morgan fingerprint density at radius 1 is 1.15 bits per heavy atom. The Kier molecular flexibility index (Phi) is 4.29. The molecule has 2 aromatic rings. The van der Waals surface area contributed by atoms with Gasteiger partial charge in [-0.15, -0.1) is 0 Å². The minimum absolute atomic E-state index is 0.0380. The van der Waals surface area contributed by atoms with E-state index >= 15 is 0 Å². The molecule has 0 aliphatic heterocycles. The summed E-state index contributed by atoms with van der Waals surface area (Å²) >= 11 is 5.64. The lowest BCUT2D eigenvalue weighted by atomic mass is 10.2. The van der Waals surface area contributed by atoms with Crippen molar-refractivity contribution in [3.63, 3.8) is 0 Å². The lowest BCUT2D eigenvalue weighted by Gasteiger charge is -2.21. The van der Waals surface area contributed by atoms with E-state index in [0.29, 0.717) is 5.69 Å². The molecule has 0 bridgehead atoms. The fraction of sp³-hybridized carbons (Fsp3) is 0.286. The van der Waals surface area contributed by atoms with Crippen LogP contribution in [0.5, 0.6) is 0 Å². The Morgan fingerprint density at radius 3 is 2.25 bits per heavy atom. The lowest BCUT2D eigenvalue weighted by molar-refractivity contribution is 0.858. The first-order chi connectivity index (χ1) is 9.56. The van der Waals surface area contributed by atoms with Crippen LogP contribution in [0, 0.1) is 0 Å². The Labute approximate surface area is 121 Å². The highest BCUT2D eigenvalue weighted by molar-refractivity contribution is 6.29. The molecule has 0 aliphatic rings. The van der Waals surface area contributed by atoms with Crippen molar-refractivity contribution in [1.82, 2.24) is 9.55 Å². The summed E-state index contributed by atoms with van der Waals surface area (Å²) in [5.74, 6) is 0. The number of hydrogen-bond donors (Lipinski definition) is 1. The Morgan fingerprint density at radius 2 is 1.75 bits per heavy atom. The summed E-state index contributed by atoms with van der Waals surface area (Å²) in [6.45, 7) is 5.95. The highest BCUT2D eigenvalue weighted by atomic mass is 35.5. The fourth-order valence-corrected chi connectivity index (χ4v) is 2.29. The molecule has 106 valence electrons. The molecular weight excluding hydrogens is 278 g/mol. The van der Waals surface area contributed by atoms with Gasteiger partial charge in [0.2, 0.25) is 0 Å².